The molecular formula is C11H20N2O2S. The highest BCUT2D eigenvalue weighted by Gasteiger charge is 2.28. The Balaban J connectivity index is 2.54. The van der Waals surface area contributed by atoms with Crippen LogP contribution in [-0.4, -0.2) is 41.1 Å². The predicted molar refractivity (Wildman–Crippen MR) is 67.2 cm³/mol. The maximum Gasteiger partial charge on any atom is 0.249 e. The number of likely N-dealkylation sites (tertiary alicyclic amines) is 1. The fraction of sp³-hybridized carbons (Fsp3) is 0.818. The number of hydrogen-bond donors (Lipinski definition) is 1. The summed E-state index contributed by atoms with van der Waals surface area (Å²) in [5, 5.41) is 0. The van der Waals surface area contributed by atoms with Crippen LogP contribution in [0.5, 0.6) is 0 Å². The molecule has 0 aromatic carbocycles. The fourth-order valence-electron chi connectivity index (χ4n) is 1.85. The Morgan fingerprint density at radius 2 is 2.25 bits per heavy atom. The molecule has 0 spiro atoms. The molecule has 1 fully saturated rings. The lowest BCUT2D eigenvalue weighted by Crippen LogP contribution is -2.51. The zero-order valence-electron chi connectivity index (χ0n) is 9.94. The second kappa shape index (κ2) is 6.15. The van der Waals surface area contributed by atoms with Crippen LogP contribution in [0.25, 0.3) is 0 Å². The maximum atomic E-state index is 11.9. The van der Waals surface area contributed by atoms with E-state index in [0.717, 1.165) is 25.8 Å². The first-order valence-electron chi connectivity index (χ1n) is 5.72. The Morgan fingerprint density at radius 3 is 2.81 bits per heavy atom. The summed E-state index contributed by atoms with van der Waals surface area (Å²) in [4.78, 5) is 14.1. The predicted octanol–water partition coefficient (Wildman–Crippen LogP) is 1.08. The molecule has 4 nitrogen and oxygen atoms in total. The van der Waals surface area contributed by atoms with Gasteiger partial charge in [0, 0.05) is 6.54 Å². The highest BCUT2D eigenvalue weighted by molar-refractivity contribution is 7.80. The molecule has 1 atom stereocenters. The number of rotatable bonds is 4. The number of nitrogens with zero attached hydrogens (tertiary/aromatic N) is 1. The van der Waals surface area contributed by atoms with Crippen LogP contribution in [-0.2, 0) is 9.53 Å². The monoisotopic (exact) mass is 244 g/mol. The van der Waals surface area contributed by atoms with Gasteiger partial charge in [-0.2, -0.15) is 0 Å². The number of amides is 1. The minimum atomic E-state index is -0.0768. The molecule has 1 saturated heterocycles. The molecule has 0 radical (unpaired) electrons. The van der Waals surface area contributed by atoms with Crippen molar-refractivity contribution in [3.63, 3.8) is 0 Å². The second-order valence-corrected chi connectivity index (χ2v) is 4.83. The van der Waals surface area contributed by atoms with E-state index in [2.05, 4.69) is 0 Å². The molecule has 16 heavy (non-hydrogen) atoms. The lowest BCUT2D eigenvalue weighted by atomic mass is 10.0. The Labute approximate surface area is 102 Å². The molecule has 92 valence electrons. The summed E-state index contributed by atoms with van der Waals surface area (Å²) in [5.41, 5.74) is 5.65. The summed E-state index contributed by atoms with van der Waals surface area (Å²) in [5.74, 6) is -0.00815. The molecule has 5 heteroatoms. The van der Waals surface area contributed by atoms with E-state index in [1.807, 2.05) is 13.8 Å². The average molecular weight is 244 g/mol. The lowest BCUT2D eigenvalue weighted by molar-refractivity contribution is -0.139. The zero-order chi connectivity index (χ0) is 12.1. The summed E-state index contributed by atoms with van der Waals surface area (Å²) in [6.07, 6.45) is 3.04. The number of thiocarbonyl (C=S) groups is 1. The van der Waals surface area contributed by atoms with Gasteiger partial charge in [-0.1, -0.05) is 12.2 Å². The summed E-state index contributed by atoms with van der Waals surface area (Å²) in [6, 6.07) is -0.0768. The highest BCUT2D eigenvalue weighted by Crippen LogP contribution is 2.17. The fourth-order valence-corrected chi connectivity index (χ4v) is 2.09. The number of nitrogens with two attached hydrogens (primary N) is 1. The van der Waals surface area contributed by atoms with Crippen molar-refractivity contribution < 1.29 is 9.53 Å². The molecular weight excluding hydrogens is 224 g/mol. The van der Waals surface area contributed by atoms with E-state index < -0.39 is 0 Å². The molecule has 0 aromatic heterocycles. The topological polar surface area (TPSA) is 55.6 Å². The molecule has 1 unspecified atom stereocenters. The van der Waals surface area contributed by atoms with Crippen molar-refractivity contribution >= 4 is 23.1 Å². The van der Waals surface area contributed by atoms with E-state index in [-0.39, 0.29) is 24.7 Å². The van der Waals surface area contributed by atoms with Crippen LogP contribution in [0.2, 0.25) is 0 Å². The minimum absolute atomic E-state index is 0.00815. The summed E-state index contributed by atoms with van der Waals surface area (Å²) in [7, 11) is 0. The molecule has 1 aliphatic heterocycles. The summed E-state index contributed by atoms with van der Waals surface area (Å²) < 4.78 is 5.31. The Kier molecular flexibility index (Phi) is 5.15. The van der Waals surface area contributed by atoms with Gasteiger partial charge in [-0.3, -0.25) is 4.79 Å². The average Bonchev–Trinajstić information content (AvgIpc) is 2.25. The Hall–Kier alpha value is -0.680. The molecule has 1 rings (SSSR count). The van der Waals surface area contributed by atoms with Crippen LogP contribution >= 0.6 is 12.2 Å². The van der Waals surface area contributed by atoms with Gasteiger partial charge >= 0.3 is 0 Å². The largest absolute Gasteiger partial charge is 0.392 e. The van der Waals surface area contributed by atoms with Gasteiger partial charge in [-0.05, 0) is 33.1 Å². The molecule has 0 aliphatic carbocycles. The van der Waals surface area contributed by atoms with E-state index in [9.17, 15) is 4.79 Å². The van der Waals surface area contributed by atoms with Gasteiger partial charge in [-0.15, -0.1) is 0 Å². The normalized spacial score (nSPS) is 21.2. The van der Waals surface area contributed by atoms with E-state index in [0.29, 0.717) is 4.99 Å². The van der Waals surface area contributed by atoms with Crippen molar-refractivity contribution in [3.8, 4) is 0 Å². The standard InChI is InChI=1S/C11H20N2O2S/c1-8(2)15-7-10(14)13-6-4-3-5-9(13)11(12)16/h8-9H,3-7H2,1-2H3,(H2,12,16). The van der Waals surface area contributed by atoms with Crippen molar-refractivity contribution in [3.05, 3.63) is 0 Å². The highest BCUT2D eigenvalue weighted by atomic mass is 32.1. The van der Waals surface area contributed by atoms with Crippen molar-refractivity contribution in [2.24, 2.45) is 5.73 Å². The third-order valence-corrected chi connectivity index (χ3v) is 2.96. The number of hydrogen-bond acceptors (Lipinski definition) is 3. The summed E-state index contributed by atoms with van der Waals surface area (Å²) in [6.45, 7) is 4.68. The van der Waals surface area contributed by atoms with Gasteiger partial charge < -0.3 is 15.4 Å². The van der Waals surface area contributed by atoms with Gasteiger partial charge in [0.25, 0.3) is 0 Å². The van der Waals surface area contributed by atoms with Crippen LogP contribution in [0.15, 0.2) is 0 Å². The number of piperidine rings is 1. The van der Waals surface area contributed by atoms with Crippen LogP contribution in [0.3, 0.4) is 0 Å². The second-order valence-electron chi connectivity index (χ2n) is 4.36. The van der Waals surface area contributed by atoms with Crippen molar-refractivity contribution in [1.29, 1.82) is 0 Å². The summed E-state index contributed by atoms with van der Waals surface area (Å²) >= 11 is 4.99. The van der Waals surface area contributed by atoms with E-state index in [1.54, 1.807) is 4.90 Å². The van der Waals surface area contributed by atoms with Crippen molar-refractivity contribution in [2.45, 2.75) is 45.3 Å². The van der Waals surface area contributed by atoms with Crippen LogP contribution in [0.4, 0.5) is 0 Å². The Bertz CT molecular complexity index is 269. The minimum Gasteiger partial charge on any atom is -0.392 e. The first-order valence-corrected chi connectivity index (χ1v) is 6.13. The SMILES string of the molecule is CC(C)OCC(=O)N1CCCCC1C(N)=S. The molecule has 2 N–H and O–H groups in total. The number of carbonyl (C=O) groups is 1. The van der Waals surface area contributed by atoms with Gasteiger partial charge in [0.2, 0.25) is 5.91 Å². The molecule has 0 saturated carbocycles. The van der Waals surface area contributed by atoms with E-state index >= 15 is 0 Å². The first-order chi connectivity index (χ1) is 7.52. The molecule has 1 amide bonds. The maximum absolute atomic E-state index is 11.9. The van der Waals surface area contributed by atoms with E-state index in [1.165, 1.54) is 0 Å². The van der Waals surface area contributed by atoms with Crippen molar-refractivity contribution in [2.75, 3.05) is 13.2 Å². The molecule has 1 aliphatic rings. The van der Waals surface area contributed by atoms with Crippen LogP contribution in [0.1, 0.15) is 33.1 Å². The Morgan fingerprint density at radius 1 is 1.56 bits per heavy atom. The zero-order valence-corrected chi connectivity index (χ0v) is 10.8. The lowest BCUT2D eigenvalue weighted by Gasteiger charge is -2.35. The smallest absolute Gasteiger partial charge is 0.249 e. The van der Waals surface area contributed by atoms with Crippen molar-refractivity contribution in [1.82, 2.24) is 4.90 Å². The van der Waals surface area contributed by atoms with Crippen LogP contribution in [0, 0.1) is 0 Å². The molecule has 0 aromatic rings. The third-order valence-electron chi connectivity index (χ3n) is 2.69. The quantitative estimate of drug-likeness (QED) is 0.752. The molecule has 0 bridgehead atoms. The van der Waals surface area contributed by atoms with E-state index in [4.69, 9.17) is 22.7 Å². The molecule has 1 heterocycles. The third kappa shape index (κ3) is 3.72. The van der Waals surface area contributed by atoms with Gasteiger partial charge in [0.15, 0.2) is 0 Å². The van der Waals surface area contributed by atoms with Gasteiger partial charge in [0.1, 0.15) is 6.61 Å². The van der Waals surface area contributed by atoms with Gasteiger partial charge in [-0.25, -0.2) is 0 Å². The number of carbonyl (C=O) groups excluding carboxylic acids is 1. The van der Waals surface area contributed by atoms with Gasteiger partial charge in [0.05, 0.1) is 17.1 Å². The van der Waals surface area contributed by atoms with Crippen LogP contribution < -0.4 is 5.73 Å². The first kappa shape index (κ1) is 13.4. The number of ether oxygens (including phenoxy) is 1.